The third-order valence-corrected chi connectivity index (χ3v) is 2.71. The van der Waals surface area contributed by atoms with Crippen molar-refractivity contribution in [1.29, 1.82) is 0 Å². The van der Waals surface area contributed by atoms with E-state index in [2.05, 4.69) is 40.3 Å². The van der Waals surface area contributed by atoms with E-state index < -0.39 is 0 Å². The second-order valence-corrected chi connectivity index (χ2v) is 3.55. The predicted molar refractivity (Wildman–Crippen MR) is 57.2 cm³/mol. The molecule has 0 amide bonds. The van der Waals surface area contributed by atoms with Crippen molar-refractivity contribution in [2.45, 2.75) is 40.5 Å². The first kappa shape index (κ1) is 11.5. The van der Waals surface area contributed by atoms with Gasteiger partial charge in [-0.2, -0.15) is 0 Å². The highest BCUT2D eigenvalue weighted by atomic mass is 14.2. The number of rotatable bonds is 5. The van der Waals surface area contributed by atoms with Gasteiger partial charge in [-0.1, -0.05) is 31.6 Å². The minimum absolute atomic E-state index is 0.740. The van der Waals surface area contributed by atoms with Crippen LogP contribution >= 0.6 is 0 Å². The van der Waals surface area contributed by atoms with Crippen LogP contribution in [0.5, 0.6) is 0 Å². The van der Waals surface area contributed by atoms with Crippen molar-refractivity contribution >= 4 is 0 Å². The van der Waals surface area contributed by atoms with Crippen LogP contribution < -0.4 is 0 Å². The Bertz CT molecular complexity index is 153. The van der Waals surface area contributed by atoms with Crippen LogP contribution in [-0.4, -0.2) is 0 Å². The molecule has 0 aliphatic carbocycles. The molecule has 70 valence electrons. The second-order valence-electron chi connectivity index (χ2n) is 3.55. The Morgan fingerprint density at radius 1 is 1.50 bits per heavy atom. The van der Waals surface area contributed by atoms with E-state index in [1.165, 1.54) is 12.0 Å². The molecule has 0 saturated heterocycles. The van der Waals surface area contributed by atoms with E-state index in [0.29, 0.717) is 0 Å². The monoisotopic (exact) mass is 166 g/mol. The summed E-state index contributed by atoms with van der Waals surface area (Å²) in [7, 11) is 0. The molecule has 0 heteroatoms. The number of hydrogen-bond acceptors (Lipinski definition) is 0. The van der Waals surface area contributed by atoms with Gasteiger partial charge in [-0.3, -0.25) is 0 Å². The van der Waals surface area contributed by atoms with E-state index in [9.17, 15) is 0 Å². The van der Waals surface area contributed by atoms with Gasteiger partial charge in [0.2, 0.25) is 0 Å². The van der Waals surface area contributed by atoms with Gasteiger partial charge in [0.05, 0.1) is 0 Å². The maximum Gasteiger partial charge on any atom is -0.0180 e. The summed E-state index contributed by atoms with van der Waals surface area (Å²) in [4.78, 5) is 0. The summed E-state index contributed by atoms with van der Waals surface area (Å²) >= 11 is 0. The minimum atomic E-state index is 0.740. The molecule has 0 bridgehead atoms. The normalized spacial score (nSPS) is 17.2. The predicted octanol–water partition coefficient (Wildman–Crippen LogP) is 4.19. The highest BCUT2D eigenvalue weighted by molar-refractivity contribution is 5.03. The van der Waals surface area contributed by atoms with Crippen molar-refractivity contribution in [3.63, 3.8) is 0 Å². The maximum atomic E-state index is 3.78. The average Bonchev–Trinajstić information content (AvgIpc) is 2.06. The van der Waals surface area contributed by atoms with Crippen LogP contribution in [0.2, 0.25) is 0 Å². The van der Waals surface area contributed by atoms with Crippen LogP contribution in [0.15, 0.2) is 24.3 Å². The largest absolute Gasteiger partial charge is 0.103 e. The molecule has 0 aromatic heterocycles. The average molecular weight is 166 g/mol. The molecule has 0 rings (SSSR count). The summed E-state index contributed by atoms with van der Waals surface area (Å²) in [6.45, 7) is 12.7. The summed E-state index contributed by atoms with van der Waals surface area (Å²) in [5.41, 5.74) is 1.52. The summed E-state index contributed by atoms with van der Waals surface area (Å²) in [6.07, 6.45) is 6.62. The molecular formula is C12H22. The summed E-state index contributed by atoms with van der Waals surface area (Å²) < 4.78 is 0. The van der Waals surface area contributed by atoms with Crippen molar-refractivity contribution in [2.75, 3.05) is 0 Å². The lowest BCUT2D eigenvalue weighted by atomic mass is 9.83. The van der Waals surface area contributed by atoms with E-state index in [4.69, 9.17) is 0 Å². The van der Waals surface area contributed by atoms with Gasteiger partial charge >= 0.3 is 0 Å². The third-order valence-electron chi connectivity index (χ3n) is 2.71. The molecule has 0 fully saturated rings. The molecule has 0 radical (unpaired) electrons. The van der Waals surface area contributed by atoms with Crippen molar-refractivity contribution in [3.05, 3.63) is 24.3 Å². The maximum absolute atomic E-state index is 3.78. The molecule has 0 aromatic carbocycles. The van der Waals surface area contributed by atoms with Gasteiger partial charge in [0.15, 0.2) is 0 Å². The smallest absolute Gasteiger partial charge is 0.0180 e. The van der Waals surface area contributed by atoms with Crippen molar-refractivity contribution < 1.29 is 0 Å². The van der Waals surface area contributed by atoms with Gasteiger partial charge in [-0.25, -0.2) is 0 Å². The molecule has 0 aromatic rings. The van der Waals surface area contributed by atoms with E-state index in [1.807, 2.05) is 6.08 Å². The van der Waals surface area contributed by atoms with Crippen molar-refractivity contribution in [1.82, 2.24) is 0 Å². The summed E-state index contributed by atoms with van der Waals surface area (Å²) in [6, 6.07) is 0. The Balaban J connectivity index is 4.22. The molecule has 0 N–H and O–H groups in total. The fourth-order valence-electron chi connectivity index (χ4n) is 1.81. The first-order valence-corrected chi connectivity index (χ1v) is 4.91. The van der Waals surface area contributed by atoms with Gasteiger partial charge in [-0.05, 0) is 38.5 Å². The summed E-state index contributed by atoms with van der Waals surface area (Å²) in [5.74, 6) is 1.48. The zero-order valence-corrected chi connectivity index (χ0v) is 8.93. The fraction of sp³-hybridized carbons (Fsp3) is 0.667. The molecule has 0 nitrogen and oxygen atoms in total. The standard InChI is InChI=1S/C12H22/c1-6-9-11(5)12(8-3)10(4)7-2/h6-7,11-12H,1,8-9H2,2-5H3. The van der Waals surface area contributed by atoms with Crippen LogP contribution in [0.1, 0.15) is 40.5 Å². The lowest BCUT2D eigenvalue weighted by Crippen LogP contribution is -2.11. The molecular weight excluding hydrogens is 144 g/mol. The molecule has 2 unspecified atom stereocenters. The lowest BCUT2D eigenvalue weighted by molar-refractivity contribution is 0.401. The first-order chi connectivity index (χ1) is 5.67. The Morgan fingerprint density at radius 3 is 2.42 bits per heavy atom. The SMILES string of the molecule is C=CCC(C)C(CC)C(C)=CC. The second kappa shape index (κ2) is 6.05. The van der Waals surface area contributed by atoms with Crippen molar-refractivity contribution in [2.24, 2.45) is 11.8 Å². The van der Waals surface area contributed by atoms with Crippen LogP contribution in [0.4, 0.5) is 0 Å². The van der Waals surface area contributed by atoms with E-state index >= 15 is 0 Å². The molecule has 0 aliphatic heterocycles. The zero-order valence-electron chi connectivity index (χ0n) is 8.93. The van der Waals surface area contributed by atoms with Crippen LogP contribution in [0, 0.1) is 11.8 Å². The highest BCUT2D eigenvalue weighted by Crippen LogP contribution is 2.26. The summed E-state index contributed by atoms with van der Waals surface area (Å²) in [5, 5.41) is 0. The minimum Gasteiger partial charge on any atom is -0.103 e. The fourth-order valence-corrected chi connectivity index (χ4v) is 1.81. The van der Waals surface area contributed by atoms with E-state index in [-0.39, 0.29) is 0 Å². The quantitative estimate of drug-likeness (QED) is 0.537. The molecule has 0 heterocycles. The van der Waals surface area contributed by atoms with E-state index in [0.717, 1.165) is 18.3 Å². The van der Waals surface area contributed by atoms with Gasteiger partial charge in [0.1, 0.15) is 0 Å². The lowest BCUT2D eigenvalue weighted by Gasteiger charge is -2.22. The van der Waals surface area contributed by atoms with Gasteiger partial charge in [0.25, 0.3) is 0 Å². The van der Waals surface area contributed by atoms with Crippen LogP contribution in [-0.2, 0) is 0 Å². The number of allylic oxidation sites excluding steroid dienone is 3. The van der Waals surface area contributed by atoms with Crippen LogP contribution in [0.25, 0.3) is 0 Å². The molecule has 0 spiro atoms. The van der Waals surface area contributed by atoms with Crippen LogP contribution in [0.3, 0.4) is 0 Å². The molecule has 12 heavy (non-hydrogen) atoms. The van der Waals surface area contributed by atoms with Gasteiger partial charge in [0, 0.05) is 0 Å². The highest BCUT2D eigenvalue weighted by Gasteiger charge is 2.14. The Kier molecular flexibility index (Phi) is 5.79. The van der Waals surface area contributed by atoms with Crippen molar-refractivity contribution in [3.8, 4) is 0 Å². The van der Waals surface area contributed by atoms with Gasteiger partial charge < -0.3 is 0 Å². The Morgan fingerprint density at radius 2 is 2.08 bits per heavy atom. The van der Waals surface area contributed by atoms with Gasteiger partial charge in [-0.15, -0.1) is 6.58 Å². The molecule has 0 saturated carbocycles. The van der Waals surface area contributed by atoms with E-state index in [1.54, 1.807) is 0 Å². The zero-order chi connectivity index (χ0) is 9.56. The molecule has 2 atom stereocenters. The number of hydrogen-bond donors (Lipinski definition) is 0. The molecule has 0 aliphatic rings. The third kappa shape index (κ3) is 3.25. The Hall–Kier alpha value is -0.520. The Labute approximate surface area is 77.4 Å². The topological polar surface area (TPSA) is 0 Å². The first-order valence-electron chi connectivity index (χ1n) is 4.91.